The summed E-state index contributed by atoms with van der Waals surface area (Å²) in [6, 6.07) is 29.8. The zero-order chi connectivity index (χ0) is 34.7. The van der Waals surface area contributed by atoms with Gasteiger partial charge in [-0.15, -0.1) is 0 Å². The predicted octanol–water partition coefficient (Wildman–Crippen LogP) is 6.70. The Morgan fingerprint density at radius 3 is 2.29 bits per heavy atom. The number of rotatable bonds is 18. The molecule has 0 saturated heterocycles. The first-order chi connectivity index (χ1) is 23.9. The largest absolute Gasteiger partial charge is 0.508 e. The molecule has 0 spiro atoms. The van der Waals surface area contributed by atoms with Crippen LogP contribution in [0.15, 0.2) is 119 Å². The van der Waals surface area contributed by atoms with Crippen molar-refractivity contribution in [3.05, 3.63) is 121 Å². The summed E-state index contributed by atoms with van der Waals surface area (Å²) in [5.41, 5.74) is 5.05. The third-order valence-electron chi connectivity index (χ3n) is 7.37. The molecule has 258 valence electrons. The fourth-order valence-electron chi connectivity index (χ4n) is 4.95. The summed E-state index contributed by atoms with van der Waals surface area (Å²) in [5.74, 6) is 1.68. The van der Waals surface area contributed by atoms with E-state index in [1.54, 1.807) is 24.3 Å². The first-order valence-electron chi connectivity index (χ1n) is 16.6. The molecule has 0 heterocycles. The molecule has 0 atom stereocenters. The molecule has 0 radical (unpaired) electrons. The standard InChI is InChI=1S/C39H49N7O3/c1-5-9-38(42-28-33-12-8-11-31-10-6-7-13-37(31)33)32-14-16-34(17-15-32)43-30(3)45-39(46-35-18-20-36(47)21-19-35)44-29(2)41-23-25-49-27-26-48-24-22-40-4/h6-21,40,42-43,47H,3,5,22-28H2,1-2,4H3,(H2,41,44,45,46). The number of benzene rings is 4. The Morgan fingerprint density at radius 2 is 1.53 bits per heavy atom. The molecule has 0 aliphatic carbocycles. The number of phenolic OH excluding ortho intramolecular Hbond substituents is 1. The molecule has 10 nitrogen and oxygen atoms in total. The van der Waals surface area contributed by atoms with Gasteiger partial charge in [-0.25, -0.2) is 4.99 Å². The lowest BCUT2D eigenvalue weighted by Crippen LogP contribution is -2.33. The highest BCUT2D eigenvalue weighted by Crippen LogP contribution is 2.21. The number of guanidine groups is 1. The highest BCUT2D eigenvalue weighted by atomic mass is 16.5. The van der Waals surface area contributed by atoms with Gasteiger partial charge < -0.3 is 41.2 Å². The molecular formula is C39H49N7O3. The van der Waals surface area contributed by atoms with Crippen LogP contribution in [0.4, 0.5) is 11.4 Å². The number of phenols is 1. The summed E-state index contributed by atoms with van der Waals surface area (Å²) < 4.78 is 11.1. The summed E-state index contributed by atoms with van der Waals surface area (Å²) >= 11 is 0. The Morgan fingerprint density at radius 1 is 0.837 bits per heavy atom. The summed E-state index contributed by atoms with van der Waals surface area (Å²) in [6.07, 6.45) is 3.12. The SMILES string of the molecule is C=C(NC(=NC(C)=NCCOCCOCCNC)Nc1ccc(O)cc1)Nc1ccc(C(=CCC)NCc2cccc3ccccc23)cc1. The summed E-state index contributed by atoms with van der Waals surface area (Å²) in [4.78, 5) is 9.16. The number of amidine groups is 1. The second-order valence-electron chi connectivity index (χ2n) is 11.2. The number of hydrogen-bond donors (Lipinski definition) is 6. The van der Waals surface area contributed by atoms with E-state index in [9.17, 15) is 5.11 Å². The van der Waals surface area contributed by atoms with Crippen molar-refractivity contribution >= 4 is 39.6 Å². The molecule has 0 aliphatic rings. The quantitative estimate of drug-likeness (QED) is 0.0301. The molecule has 49 heavy (non-hydrogen) atoms. The van der Waals surface area contributed by atoms with Gasteiger partial charge >= 0.3 is 0 Å². The Labute approximate surface area is 290 Å². The first-order valence-corrected chi connectivity index (χ1v) is 16.6. The maximum Gasteiger partial charge on any atom is 0.207 e. The summed E-state index contributed by atoms with van der Waals surface area (Å²) in [7, 11) is 1.89. The summed E-state index contributed by atoms with van der Waals surface area (Å²) in [5, 5.41) is 28.7. The number of hydrogen-bond acceptors (Lipinski definition) is 7. The molecule has 4 rings (SSSR count). The third-order valence-corrected chi connectivity index (χ3v) is 7.37. The van der Waals surface area contributed by atoms with Gasteiger partial charge in [0.25, 0.3) is 0 Å². The normalized spacial score (nSPS) is 12.2. The van der Waals surface area contributed by atoms with Crippen molar-refractivity contribution < 1.29 is 14.6 Å². The average Bonchev–Trinajstić information content (AvgIpc) is 3.10. The van der Waals surface area contributed by atoms with Crippen LogP contribution in [0.2, 0.25) is 0 Å². The fraction of sp³-hybridized carbons (Fsp3) is 0.282. The maximum atomic E-state index is 9.72. The van der Waals surface area contributed by atoms with Gasteiger partial charge in [-0.2, -0.15) is 0 Å². The van der Waals surface area contributed by atoms with Gasteiger partial charge in [0.15, 0.2) is 0 Å². The zero-order valence-electron chi connectivity index (χ0n) is 28.8. The molecule has 4 aromatic carbocycles. The number of anilines is 2. The van der Waals surface area contributed by atoms with E-state index >= 15 is 0 Å². The number of ether oxygens (including phenoxy) is 2. The molecule has 0 aliphatic heterocycles. The minimum absolute atomic E-state index is 0.178. The molecule has 0 fully saturated rings. The van der Waals surface area contributed by atoms with E-state index in [2.05, 4.69) is 111 Å². The number of allylic oxidation sites excluding steroid dienone is 1. The van der Waals surface area contributed by atoms with Crippen molar-refractivity contribution in [3.63, 3.8) is 0 Å². The molecule has 4 aromatic rings. The van der Waals surface area contributed by atoms with Crippen molar-refractivity contribution in [2.24, 2.45) is 9.98 Å². The Kier molecular flexibility index (Phi) is 15.2. The van der Waals surface area contributed by atoms with Crippen LogP contribution in [0.1, 0.15) is 31.4 Å². The minimum Gasteiger partial charge on any atom is -0.508 e. The number of aliphatic imine (C=N–C) groups is 2. The number of fused-ring (bicyclic) bond motifs is 1. The topological polar surface area (TPSA) is 124 Å². The van der Waals surface area contributed by atoms with E-state index in [0.29, 0.717) is 50.6 Å². The van der Waals surface area contributed by atoms with Crippen LogP contribution in [-0.2, 0) is 16.0 Å². The third kappa shape index (κ3) is 12.8. The molecule has 0 saturated carbocycles. The monoisotopic (exact) mass is 663 g/mol. The molecule has 6 N–H and O–H groups in total. The molecule has 0 unspecified atom stereocenters. The smallest absolute Gasteiger partial charge is 0.207 e. The molecule has 0 amide bonds. The second kappa shape index (κ2) is 20.3. The Balaban J connectivity index is 1.35. The average molecular weight is 664 g/mol. The van der Waals surface area contributed by atoms with Gasteiger partial charge in [-0.05, 0) is 78.7 Å². The zero-order valence-corrected chi connectivity index (χ0v) is 28.8. The van der Waals surface area contributed by atoms with E-state index in [0.717, 1.165) is 42.1 Å². The second-order valence-corrected chi connectivity index (χ2v) is 11.2. The number of aromatic hydroxyl groups is 1. The highest BCUT2D eigenvalue weighted by molar-refractivity contribution is 6.02. The van der Waals surface area contributed by atoms with Crippen LogP contribution in [0.25, 0.3) is 16.5 Å². The maximum absolute atomic E-state index is 9.72. The van der Waals surface area contributed by atoms with Gasteiger partial charge in [-0.3, -0.25) is 4.99 Å². The lowest BCUT2D eigenvalue weighted by molar-refractivity contribution is 0.0524. The van der Waals surface area contributed by atoms with Crippen molar-refractivity contribution in [2.45, 2.75) is 26.8 Å². The molecule has 10 heteroatoms. The van der Waals surface area contributed by atoms with Crippen LogP contribution >= 0.6 is 0 Å². The van der Waals surface area contributed by atoms with E-state index < -0.39 is 0 Å². The van der Waals surface area contributed by atoms with E-state index in [-0.39, 0.29) is 5.75 Å². The van der Waals surface area contributed by atoms with E-state index in [1.165, 1.54) is 16.3 Å². The van der Waals surface area contributed by atoms with E-state index in [4.69, 9.17) is 9.47 Å². The van der Waals surface area contributed by atoms with Crippen LogP contribution in [-0.4, -0.2) is 63.5 Å². The molecule has 0 bridgehead atoms. The number of nitrogens with zero attached hydrogens (tertiary/aromatic N) is 2. The van der Waals surface area contributed by atoms with Crippen molar-refractivity contribution in [2.75, 3.05) is 57.2 Å². The molecular weight excluding hydrogens is 614 g/mol. The predicted molar refractivity (Wildman–Crippen MR) is 204 cm³/mol. The van der Waals surface area contributed by atoms with Gasteiger partial charge in [0.05, 0.1) is 33.0 Å². The molecule has 0 aromatic heterocycles. The van der Waals surface area contributed by atoms with Crippen molar-refractivity contribution in [3.8, 4) is 5.75 Å². The van der Waals surface area contributed by atoms with Crippen molar-refractivity contribution in [1.82, 2.24) is 16.0 Å². The summed E-state index contributed by atoms with van der Waals surface area (Å²) in [6.45, 7) is 12.3. The van der Waals surface area contributed by atoms with Crippen molar-refractivity contribution in [1.29, 1.82) is 0 Å². The van der Waals surface area contributed by atoms with Gasteiger partial charge in [0.1, 0.15) is 17.4 Å². The van der Waals surface area contributed by atoms with Crippen LogP contribution in [0.5, 0.6) is 5.75 Å². The first kappa shape index (κ1) is 36.7. The fourth-order valence-corrected chi connectivity index (χ4v) is 4.95. The van der Waals surface area contributed by atoms with Gasteiger partial charge in [-0.1, -0.05) is 74.2 Å². The van der Waals surface area contributed by atoms with E-state index in [1.807, 2.05) is 26.1 Å². The van der Waals surface area contributed by atoms with Gasteiger partial charge in [0.2, 0.25) is 5.96 Å². The number of nitrogens with one attached hydrogen (secondary N) is 5. The van der Waals surface area contributed by atoms with Crippen LogP contribution in [0, 0.1) is 0 Å². The highest BCUT2D eigenvalue weighted by Gasteiger charge is 2.07. The minimum atomic E-state index is 0.178. The lowest BCUT2D eigenvalue weighted by atomic mass is 10.0. The number of likely N-dealkylation sites (N-methyl/N-ethyl adjacent to an activating group) is 1. The lowest BCUT2D eigenvalue weighted by Gasteiger charge is -2.17. The van der Waals surface area contributed by atoms with Crippen LogP contribution < -0.4 is 26.6 Å². The van der Waals surface area contributed by atoms with Crippen LogP contribution in [0.3, 0.4) is 0 Å². The Bertz CT molecular complexity index is 1700. The Hall–Kier alpha value is -5.16. The van der Waals surface area contributed by atoms with Gasteiger partial charge in [0, 0.05) is 30.2 Å².